The average Bonchev–Trinajstić information content (AvgIpc) is 2.92. The Morgan fingerprint density at radius 3 is 2.62 bits per heavy atom. The highest BCUT2D eigenvalue weighted by Crippen LogP contribution is 2.39. The van der Waals surface area contributed by atoms with E-state index in [0.717, 1.165) is 58.3 Å². The van der Waals surface area contributed by atoms with Gasteiger partial charge in [0, 0.05) is 0 Å². The van der Waals surface area contributed by atoms with Gasteiger partial charge in [0.2, 0.25) is 0 Å². The molecule has 2 unspecified atom stereocenters. The van der Waals surface area contributed by atoms with Crippen LogP contribution in [-0.2, 0) is 9.53 Å². The highest BCUT2D eigenvalue weighted by atomic mass is 16.5. The van der Waals surface area contributed by atoms with Crippen LogP contribution >= 0.6 is 0 Å². The lowest BCUT2D eigenvalue weighted by atomic mass is 9.84. The number of esters is 1. The summed E-state index contributed by atoms with van der Waals surface area (Å²) in [5, 5.41) is 3.53. The Hall–Kier alpha value is -0.610. The van der Waals surface area contributed by atoms with E-state index < -0.39 is 5.54 Å². The molecular weight excluding hydrogens is 264 g/mol. The second kappa shape index (κ2) is 9.42. The Bertz CT molecular complexity index is 309. The van der Waals surface area contributed by atoms with Gasteiger partial charge in [0.15, 0.2) is 0 Å². The minimum atomic E-state index is -0.434. The highest BCUT2D eigenvalue weighted by molar-refractivity contribution is 5.81. The van der Waals surface area contributed by atoms with Crippen molar-refractivity contribution in [1.29, 1.82) is 0 Å². The first-order chi connectivity index (χ1) is 10.1. The number of hydrogen-bond donors (Lipinski definition) is 1. The third-order valence-electron chi connectivity index (χ3n) is 4.84. The monoisotopic (exact) mass is 298 g/mol. The van der Waals surface area contributed by atoms with E-state index in [4.69, 9.17) is 4.74 Å². The first-order valence-corrected chi connectivity index (χ1v) is 8.70. The molecule has 1 aliphatic rings. The van der Waals surface area contributed by atoms with Crippen LogP contribution in [-0.4, -0.2) is 49.7 Å². The Balaban J connectivity index is 2.70. The maximum absolute atomic E-state index is 12.4. The van der Waals surface area contributed by atoms with E-state index in [2.05, 4.69) is 31.0 Å². The zero-order valence-electron chi connectivity index (χ0n) is 14.4. The topological polar surface area (TPSA) is 41.6 Å². The van der Waals surface area contributed by atoms with Gasteiger partial charge in [-0.25, -0.2) is 0 Å². The summed E-state index contributed by atoms with van der Waals surface area (Å²) in [6.07, 6.45) is 6.49. The molecule has 0 aliphatic heterocycles. The van der Waals surface area contributed by atoms with Gasteiger partial charge in [-0.15, -0.1) is 0 Å². The largest absolute Gasteiger partial charge is 0.468 e. The average molecular weight is 298 g/mol. The third kappa shape index (κ3) is 4.68. The molecule has 0 aromatic carbocycles. The zero-order chi connectivity index (χ0) is 15.7. The molecule has 1 N–H and O–H groups in total. The van der Waals surface area contributed by atoms with Gasteiger partial charge in [-0.1, -0.05) is 27.2 Å². The molecule has 21 heavy (non-hydrogen) atoms. The molecule has 4 nitrogen and oxygen atoms in total. The van der Waals surface area contributed by atoms with Crippen molar-refractivity contribution >= 4 is 5.97 Å². The normalized spacial score (nSPS) is 25.5. The molecule has 0 amide bonds. The maximum atomic E-state index is 12.4. The smallest absolute Gasteiger partial charge is 0.326 e. The maximum Gasteiger partial charge on any atom is 0.326 e. The molecule has 4 heteroatoms. The summed E-state index contributed by atoms with van der Waals surface area (Å²) >= 11 is 0. The molecule has 1 fully saturated rings. The molecule has 0 radical (unpaired) electrons. The van der Waals surface area contributed by atoms with Gasteiger partial charge in [0.05, 0.1) is 7.11 Å². The van der Waals surface area contributed by atoms with E-state index in [1.807, 2.05) is 0 Å². The molecule has 1 rings (SSSR count). The van der Waals surface area contributed by atoms with Crippen molar-refractivity contribution in [3.05, 3.63) is 0 Å². The fourth-order valence-electron chi connectivity index (χ4n) is 3.66. The second-order valence-electron chi connectivity index (χ2n) is 6.20. The molecule has 0 spiro atoms. The summed E-state index contributed by atoms with van der Waals surface area (Å²) < 4.78 is 5.13. The van der Waals surface area contributed by atoms with Crippen molar-refractivity contribution in [2.45, 2.75) is 64.8 Å². The van der Waals surface area contributed by atoms with E-state index in [9.17, 15) is 4.79 Å². The number of ether oxygens (including phenoxy) is 1. The Morgan fingerprint density at radius 1 is 1.29 bits per heavy atom. The van der Waals surface area contributed by atoms with Gasteiger partial charge < -0.3 is 15.0 Å². The van der Waals surface area contributed by atoms with Crippen LogP contribution in [0, 0.1) is 5.92 Å². The Morgan fingerprint density at radius 2 is 2.05 bits per heavy atom. The van der Waals surface area contributed by atoms with Crippen molar-refractivity contribution in [2.75, 3.05) is 33.3 Å². The number of carbonyl (C=O) groups is 1. The van der Waals surface area contributed by atoms with Crippen molar-refractivity contribution < 1.29 is 9.53 Å². The fraction of sp³-hybridized carbons (Fsp3) is 0.941. The van der Waals surface area contributed by atoms with Crippen molar-refractivity contribution in [1.82, 2.24) is 10.2 Å². The van der Waals surface area contributed by atoms with Gasteiger partial charge in [-0.2, -0.15) is 0 Å². The summed E-state index contributed by atoms with van der Waals surface area (Å²) in [7, 11) is 1.52. The number of hydrogen-bond acceptors (Lipinski definition) is 4. The van der Waals surface area contributed by atoms with Crippen LogP contribution < -0.4 is 5.32 Å². The zero-order valence-corrected chi connectivity index (χ0v) is 14.4. The van der Waals surface area contributed by atoms with E-state index >= 15 is 0 Å². The first kappa shape index (κ1) is 18.4. The van der Waals surface area contributed by atoms with Crippen LogP contribution in [0.25, 0.3) is 0 Å². The molecule has 1 saturated carbocycles. The summed E-state index contributed by atoms with van der Waals surface area (Å²) in [5.74, 6) is 0.347. The van der Waals surface area contributed by atoms with Gasteiger partial charge in [-0.3, -0.25) is 4.79 Å². The summed E-state index contributed by atoms with van der Waals surface area (Å²) in [5.41, 5.74) is -0.434. The van der Waals surface area contributed by atoms with Crippen LogP contribution in [0.3, 0.4) is 0 Å². The van der Waals surface area contributed by atoms with Gasteiger partial charge >= 0.3 is 5.97 Å². The minimum Gasteiger partial charge on any atom is -0.468 e. The molecule has 0 aromatic heterocycles. The third-order valence-corrected chi connectivity index (χ3v) is 4.84. The van der Waals surface area contributed by atoms with Crippen molar-refractivity contribution in [3.63, 3.8) is 0 Å². The van der Waals surface area contributed by atoms with E-state index in [0.29, 0.717) is 5.92 Å². The van der Waals surface area contributed by atoms with E-state index in [1.54, 1.807) is 0 Å². The summed E-state index contributed by atoms with van der Waals surface area (Å²) in [4.78, 5) is 14.9. The van der Waals surface area contributed by atoms with E-state index in [-0.39, 0.29) is 5.97 Å². The molecule has 2 atom stereocenters. The summed E-state index contributed by atoms with van der Waals surface area (Å²) in [6, 6.07) is 0. The highest BCUT2D eigenvalue weighted by Gasteiger charge is 2.49. The van der Waals surface area contributed by atoms with Crippen LogP contribution in [0.1, 0.15) is 59.3 Å². The number of methoxy groups -OCH3 is 1. The standard InChI is InChI=1S/C17H34N2O2/c1-5-12-18-17(16(20)21-4)11-8-9-15(17)10-14-19(7-3)13-6-2/h15,18H,5-14H2,1-4H3. The Labute approximate surface area is 130 Å². The van der Waals surface area contributed by atoms with Crippen LogP contribution in [0.5, 0.6) is 0 Å². The minimum absolute atomic E-state index is 0.0583. The molecule has 0 heterocycles. The van der Waals surface area contributed by atoms with Crippen LogP contribution in [0.4, 0.5) is 0 Å². The predicted octanol–water partition coefficient (Wildman–Crippen LogP) is 2.82. The lowest BCUT2D eigenvalue weighted by Crippen LogP contribution is -2.56. The van der Waals surface area contributed by atoms with Gasteiger partial charge in [0.1, 0.15) is 5.54 Å². The summed E-state index contributed by atoms with van der Waals surface area (Å²) in [6.45, 7) is 10.8. The Kier molecular flexibility index (Phi) is 8.27. The molecule has 1 aliphatic carbocycles. The SMILES string of the molecule is CCCNC1(C(=O)OC)CCCC1CCN(CC)CCC. The molecular formula is C17H34N2O2. The van der Waals surface area contributed by atoms with Crippen molar-refractivity contribution in [2.24, 2.45) is 5.92 Å². The van der Waals surface area contributed by atoms with Crippen LogP contribution in [0.2, 0.25) is 0 Å². The van der Waals surface area contributed by atoms with E-state index in [1.165, 1.54) is 13.5 Å². The molecule has 0 bridgehead atoms. The number of nitrogens with one attached hydrogen (secondary N) is 1. The van der Waals surface area contributed by atoms with Gasteiger partial charge in [-0.05, 0) is 64.2 Å². The van der Waals surface area contributed by atoms with Gasteiger partial charge in [0.25, 0.3) is 0 Å². The molecule has 124 valence electrons. The number of carbonyl (C=O) groups excluding carboxylic acids is 1. The second-order valence-corrected chi connectivity index (χ2v) is 6.20. The molecule has 0 saturated heterocycles. The lowest BCUT2D eigenvalue weighted by molar-refractivity contribution is -0.150. The van der Waals surface area contributed by atoms with Crippen LogP contribution in [0.15, 0.2) is 0 Å². The lowest BCUT2D eigenvalue weighted by Gasteiger charge is -2.35. The van der Waals surface area contributed by atoms with Crippen molar-refractivity contribution in [3.8, 4) is 0 Å². The molecule has 0 aromatic rings. The number of nitrogens with zero attached hydrogens (tertiary/aromatic N) is 1. The first-order valence-electron chi connectivity index (χ1n) is 8.70. The quantitative estimate of drug-likeness (QED) is 0.630. The fourth-order valence-corrected chi connectivity index (χ4v) is 3.66. The predicted molar refractivity (Wildman–Crippen MR) is 87.4 cm³/mol. The number of rotatable bonds is 10.